The second kappa shape index (κ2) is 7.43. The molecule has 0 radical (unpaired) electrons. The maximum absolute atomic E-state index is 9.57. The standard InChI is InChI=1S/C14H31N3O/c1-11(2)9-16-5-7-17(8-6-16)13(10-18)14(15)12(3)4/h11-14,18H,5-10,15H2,1-4H3. The van der Waals surface area contributed by atoms with Crippen molar-refractivity contribution >= 4 is 0 Å². The predicted octanol–water partition coefficient (Wildman–Crippen LogP) is 0.604. The van der Waals surface area contributed by atoms with Crippen molar-refractivity contribution in [2.24, 2.45) is 17.6 Å². The third-order valence-electron chi connectivity index (χ3n) is 3.90. The minimum absolute atomic E-state index is 0.0617. The first kappa shape index (κ1) is 15.9. The molecule has 0 spiro atoms. The quantitative estimate of drug-likeness (QED) is 0.732. The molecule has 18 heavy (non-hydrogen) atoms. The van der Waals surface area contributed by atoms with Crippen molar-refractivity contribution in [3.8, 4) is 0 Å². The van der Waals surface area contributed by atoms with Crippen LogP contribution in [0.5, 0.6) is 0 Å². The average molecular weight is 257 g/mol. The summed E-state index contributed by atoms with van der Waals surface area (Å²) in [4.78, 5) is 4.87. The zero-order chi connectivity index (χ0) is 13.7. The van der Waals surface area contributed by atoms with Gasteiger partial charge < -0.3 is 15.7 Å². The molecule has 3 N–H and O–H groups in total. The van der Waals surface area contributed by atoms with E-state index in [2.05, 4.69) is 37.5 Å². The Morgan fingerprint density at radius 3 is 2.00 bits per heavy atom. The lowest BCUT2D eigenvalue weighted by atomic mass is 9.96. The van der Waals surface area contributed by atoms with E-state index in [0.29, 0.717) is 5.92 Å². The van der Waals surface area contributed by atoms with Gasteiger partial charge in [0, 0.05) is 44.8 Å². The van der Waals surface area contributed by atoms with Gasteiger partial charge in [-0.3, -0.25) is 4.90 Å². The van der Waals surface area contributed by atoms with Crippen molar-refractivity contribution in [3.05, 3.63) is 0 Å². The van der Waals surface area contributed by atoms with E-state index in [4.69, 9.17) is 5.73 Å². The van der Waals surface area contributed by atoms with Crippen LogP contribution in [0.25, 0.3) is 0 Å². The molecule has 4 heteroatoms. The highest BCUT2D eigenvalue weighted by Gasteiger charge is 2.29. The van der Waals surface area contributed by atoms with E-state index in [1.165, 1.54) is 6.54 Å². The Bertz CT molecular complexity index is 225. The predicted molar refractivity (Wildman–Crippen MR) is 76.5 cm³/mol. The molecule has 1 saturated heterocycles. The van der Waals surface area contributed by atoms with Crippen LogP contribution in [0.1, 0.15) is 27.7 Å². The van der Waals surface area contributed by atoms with E-state index in [1.807, 2.05) is 0 Å². The maximum Gasteiger partial charge on any atom is 0.0602 e. The molecule has 2 unspecified atom stereocenters. The summed E-state index contributed by atoms with van der Waals surface area (Å²) < 4.78 is 0. The van der Waals surface area contributed by atoms with Crippen molar-refractivity contribution in [2.45, 2.75) is 39.8 Å². The number of hydrogen-bond acceptors (Lipinski definition) is 4. The molecule has 1 fully saturated rings. The normalized spacial score (nSPS) is 22.7. The van der Waals surface area contributed by atoms with Crippen molar-refractivity contribution in [2.75, 3.05) is 39.3 Å². The lowest BCUT2D eigenvalue weighted by molar-refractivity contribution is 0.0425. The zero-order valence-electron chi connectivity index (χ0n) is 12.5. The van der Waals surface area contributed by atoms with E-state index in [9.17, 15) is 5.11 Å². The average Bonchev–Trinajstić information content (AvgIpc) is 2.31. The summed E-state index contributed by atoms with van der Waals surface area (Å²) in [6, 6.07) is 0.179. The summed E-state index contributed by atoms with van der Waals surface area (Å²) in [6.45, 7) is 14.4. The van der Waals surface area contributed by atoms with Gasteiger partial charge in [0.1, 0.15) is 0 Å². The molecule has 0 aromatic carbocycles. The van der Waals surface area contributed by atoms with Crippen LogP contribution in [0.15, 0.2) is 0 Å². The largest absolute Gasteiger partial charge is 0.395 e. The smallest absolute Gasteiger partial charge is 0.0602 e. The molecule has 0 amide bonds. The number of nitrogens with zero attached hydrogens (tertiary/aromatic N) is 2. The van der Waals surface area contributed by atoms with Crippen molar-refractivity contribution < 1.29 is 5.11 Å². The van der Waals surface area contributed by atoms with Crippen LogP contribution < -0.4 is 5.73 Å². The maximum atomic E-state index is 9.57. The lowest BCUT2D eigenvalue weighted by Crippen LogP contribution is -2.58. The number of aliphatic hydroxyl groups excluding tert-OH is 1. The molecule has 0 saturated carbocycles. The first-order valence-corrected chi connectivity index (χ1v) is 7.28. The van der Waals surface area contributed by atoms with Crippen molar-refractivity contribution in [1.82, 2.24) is 9.80 Å². The van der Waals surface area contributed by atoms with E-state index >= 15 is 0 Å². The Morgan fingerprint density at radius 2 is 1.61 bits per heavy atom. The summed E-state index contributed by atoms with van der Waals surface area (Å²) >= 11 is 0. The van der Waals surface area contributed by atoms with Gasteiger partial charge in [-0.1, -0.05) is 27.7 Å². The highest BCUT2D eigenvalue weighted by atomic mass is 16.3. The zero-order valence-corrected chi connectivity index (χ0v) is 12.5. The third kappa shape index (κ3) is 4.50. The van der Waals surface area contributed by atoms with Gasteiger partial charge in [-0.2, -0.15) is 0 Å². The molecule has 0 aromatic rings. The van der Waals surface area contributed by atoms with Gasteiger partial charge in [0.25, 0.3) is 0 Å². The molecular weight excluding hydrogens is 226 g/mol. The molecule has 4 nitrogen and oxygen atoms in total. The van der Waals surface area contributed by atoms with Crippen molar-refractivity contribution in [3.63, 3.8) is 0 Å². The van der Waals surface area contributed by atoms with Gasteiger partial charge in [-0.05, 0) is 11.8 Å². The molecular formula is C14H31N3O. The monoisotopic (exact) mass is 257 g/mol. The summed E-state index contributed by atoms with van der Waals surface area (Å²) in [5.74, 6) is 1.14. The Hall–Kier alpha value is -0.160. The van der Waals surface area contributed by atoms with E-state index in [1.54, 1.807) is 0 Å². The fraction of sp³-hybridized carbons (Fsp3) is 1.00. The Labute approximate surface area is 112 Å². The van der Waals surface area contributed by atoms with Gasteiger partial charge in [0.2, 0.25) is 0 Å². The lowest BCUT2D eigenvalue weighted by Gasteiger charge is -2.42. The summed E-state index contributed by atoms with van der Waals surface area (Å²) in [5.41, 5.74) is 6.20. The molecule has 0 bridgehead atoms. The highest BCUT2D eigenvalue weighted by Crippen LogP contribution is 2.14. The second-order valence-corrected chi connectivity index (χ2v) is 6.30. The topological polar surface area (TPSA) is 52.7 Å². The first-order valence-electron chi connectivity index (χ1n) is 7.28. The minimum Gasteiger partial charge on any atom is -0.395 e. The molecule has 2 atom stereocenters. The van der Waals surface area contributed by atoms with Crippen molar-refractivity contribution in [1.29, 1.82) is 0 Å². The number of hydrogen-bond donors (Lipinski definition) is 2. The molecule has 0 aromatic heterocycles. The van der Waals surface area contributed by atoms with Crippen LogP contribution in [0, 0.1) is 11.8 Å². The molecule has 0 aliphatic carbocycles. The van der Waals surface area contributed by atoms with Crippen LogP contribution in [-0.4, -0.2) is 66.3 Å². The first-order chi connectivity index (χ1) is 8.45. The van der Waals surface area contributed by atoms with Crippen LogP contribution in [0.2, 0.25) is 0 Å². The number of rotatable bonds is 6. The number of piperazine rings is 1. The van der Waals surface area contributed by atoms with Gasteiger partial charge in [-0.15, -0.1) is 0 Å². The SMILES string of the molecule is CC(C)CN1CCN(C(CO)C(N)C(C)C)CC1. The fourth-order valence-electron chi connectivity index (χ4n) is 2.72. The summed E-state index contributed by atoms with van der Waals surface area (Å²) in [5, 5.41) is 9.57. The van der Waals surface area contributed by atoms with Crippen LogP contribution >= 0.6 is 0 Å². The van der Waals surface area contributed by atoms with E-state index < -0.39 is 0 Å². The number of nitrogens with two attached hydrogens (primary N) is 1. The fourth-order valence-corrected chi connectivity index (χ4v) is 2.72. The van der Waals surface area contributed by atoms with Crippen LogP contribution in [-0.2, 0) is 0 Å². The Kier molecular flexibility index (Phi) is 6.57. The minimum atomic E-state index is 0.0617. The third-order valence-corrected chi connectivity index (χ3v) is 3.90. The summed E-state index contributed by atoms with van der Waals surface area (Å²) in [6.07, 6.45) is 0. The van der Waals surface area contributed by atoms with Gasteiger partial charge in [-0.25, -0.2) is 0 Å². The van der Waals surface area contributed by atoms with Gasteiger partial charge >= 0.3 is 0 Å². The van der Waals surface area contributed by atoms with E-state index in [-0.39, 0.29) is 18.7 Å². The molecule has 108 valence electrons. The van der Waals surface area contributed by atoms with Gasteiger partial charge in [0.05, 0.1) is 6.61 Å². The molecule has 1 aliphatic heterocycles. The number of aliphatic hydroxyl groups is 1. The molecule has 1 rings (SSSR count). The van der Waals surface area contributed by atoms with Crippen LogP contribution in [0.3, 0.4) is 0 Å². The van der Waals surface area contributed by atoms with Gasteiger partial charge in [0.15, 0.2) is 0 Å². The molecule has 1 heterocycles. The second-order valence-electron chi connectivity index (χ2n) is 6.30. The van der Waals surface area contributed by atoms with E-state index in [0.717, 1.165) is 32.1 Å². The molecule has 1 aliphatic rings. The Balaban J connectivity index is 2.45. The Morgan fingerprint density at radius 1 is 1.06 bits per heavy atom. The summed E-state index contributed by atoms with van der Waals surface area (Å²) in [7, 11) is 0. The highest BCUT2D eigenvalue weighted by molar-refractivity contribution is 4.86. The van der Waals surface area contributed by atoms with Crippen LogP contribution in [0.4, 0.5) is 0 Å².